The van der Waals surface area contributed by atoms with Gasteiger partial charge in [0.25, 0.3) is 5.91 Å². The van der Waals surface area contributed by atoms with Crippen LogP contribution in [0.4, 0.5) is 10.1 Å². The van der Waals surface area contributed by atoms with Crippen molar-refractivity contribution < 1.29 is 9.18 Å². The Balaban J connectivity index is 2.28. The Morgan fingerprint density at radius 1 is 1.29 bits per heavy atom. The van der Waals surface area contributed by atoms with Gasteiger partial charge in [0.15, 0.2) is 0 Å². The smallest absolute Gasteiger partial charge is 0.257 e. The average molecular weight is 303 g/mol. The van der Waals surface area contributed by atoms with Gasteiger partial charge >= 0.3 is 0 Å². The van der Waals surface area contributed by atoms with Crippen LogP contribution in [0.1, 0.15) is 15.9 Å². The first-order chi connectivity index (χ1) is 10.1. The molecule has 0 radical (unpaired) electrons. The number of carbonyl (C=O) groups is 1. The third-order valence-electron chi connectivity index (χ3n) is 2.68. The summed E-state index contributed by atoms with van der Waals surface area (Å²) >= 11 is 5.67. The molecule has 2 aromatic carbocycles. The van der Waals surface area contributed by atoms with E-state index in [1.807, 2.05) is 0 Å². The van der Waals surface area contributed by atoms with Crippen LogP contribution in [0.2, 0.25) is 5.02 Å². The molecular formula is C16H12ClFN2O. The van der Waals surface area contributed by atoms with E-state index in [1.165, 1.54) is 12.1 Å². The molecule has 0 aliphatic rings. The summed E-state index contributed by atoms with van der Waals surface area (Å²) < 4.78 is 13.7. The van der Waals surface area contributed by atoms with Gasteiger partial charge in [0.1, 0.15) is 5.82 Å². The normalized spacial score (nSPS) is 9.67. The molecule has 21 heavy (non-hydrogen) atoms. The molecule has 0 heterocycles. The fourth-order valence-corrected chi connectivity index (χ4v) is 1.88. The molecule has 0 bridgehead atoms. The molecule has 0 saturated carbocycles. The van der Waals surface area contributed by atoms with Gasteiger partial charge in [-0.15, -0.1) is 0 Å². The Labute approximate surface area is 126 Å². The predicted molar refractivity (Wildman–Crippen MR) is 81.7 cm³/mol. The van der Waals surface area contributed by atoms with E-state index in [-0.39, 0.29) is 17.3 Å². The Morgan fingerprint density at radius 2 is 2.05 bits per heavy atom. The zero-order chi connectivity index (χ0) is 15.2. The van der Waals surface area contributed by atoms with Crippen molar-refractivity contribution in [3.8, 4) is 11.8 Å². The third kappa shape index (κ3) is 3.82. The summed E-state index contributed by atoms with van der Waals surface area (Å²) in [4.78, 5) is 12.2. The van der Waals surface area contributed by atoms with Crippen LogP contribution in [0.5, 0.6) is 0 Å². The number of hydrogen-bond donors (Lipinski definition) is 2. The summed E-state index contributed by atoms with van der Waals surface area (Å²) in [6.07, 6.45) is 0. The summed E-state index contributed by atoms with van der Waals surface area (Å²) in [6.45, 7) is 0.196. The van der Waals surface area contributed by atoms with E-state index in [2.05, 4.69) is 17.2 Å². The molecule has 0 atom stereocenters. The first-order valence-electron chi connectivity index (χ1n) is 6.16. The van der Waals surface area contributed by atoms with Crippen LogP contribution in [-0.4, -0.2) is 12.5 Å². The van der Waals surface area contributed by atoms with Crippen molar-refractivity contribution >= 4 is 23.2 Å². The number of rotatable bonds is 2. The molecule has 0 fully saturated rings. The quantitative estimate of drug-likeness (QED) is 0.838. The van der Waals surface area contributed by atoms with Crippen molar-refractivity contribution in [3.63, 3.8) is 0 Å². The highest BCUT2D eigenvalue weighted by Gasteiger charge is 2.12. The van der Waals surface area contributed by atoms with Crippen LogP contribution >= 0.6 is 11.6 Å². The number of amides is 1. The van der Waals surface area contributed by atoms with Gasteiger partial charge in [-0.3, -0.25) is 4.79 Å². The molecule has 0 aliphatic carbocycles. The van der Waals surface area contributed by atoms with Gasteiger partial charge in [0.2, 0.25) is 0 Å². The number of anilines is 1. The highest BCUT2D eigenvalue weighted by atomic mass is 35.5. The lowest BCUT2D eigenvalue weighted by Gasteiger charge is -2.08. The van der Waals surface area contributed by atoms with Crippen LogP contribution < -0.4 is 11.1 Å². The van der Waals surface area contributed by atoms with E-state index < -0.39 is 11.7 Å². The molecule has 5 heteroatoms. The zero-order valence-corrected chi connectivity index (χ0v) is 11.7. The second kappa shape index (κ2) is 6.89. The number of nitrogens with two attached hydrogens (primary N) is 1. The Hall–Kier alpha value is -2.35. The molecule has 0 unspecified atom stereocenters. The van der Waals surface area contributed by atoms with Gasteiger partial charge < -0.3 is 11.1 Å². The number of benzene rings is 2. The standard InChI is InChI=1S/C16H12ClFN2O/c17-12-7-8-15(14(18)10-12)20-16(21)13-6-2-1-4-11(13)5-3-9-19/h1-2,4,6-8,10H,9,19H2,(H,20,21). The number of hydrogen-bond acceptors (Lipinski definition) is 2. The first-order valence-corrected chi connectivity index (χ1v) is 6.54. The van der Waals surface area contributed by atoms with Crippen molar-refractivity contribution in [1.29, 1.82) is 0 Å². The Bertz CT molecular complexity index is 735. The van der Waals surface area contributed by atoms with Crippen molar-refractivity contribution in [1.82, 2.24) is 0 Å². The topological polar surface area (TPSA) is 55.1 Å². The second-order valence-corrected chi connectivity index (χ2v) is 4.57. The maximum Gasteiger partial charge on any atom is 0.257 e. The van der Waals surface area contributed by atoms with Gasteiger partial charge in [-0.2, -0.15) is 0 Å². The van der Waals surface area contributed by atoms with Gasteiger partial charge in [0.05, 0.1) is 17.8 Å². The molecule has 1 amide bonds. The van der Waals surface area contributed by atoms with Crippen LogP contribution in [0.3, 0.4) is 0 Å². The van der Waals surface area contributed by atoms with Gasteiger partial charge in [0, 0.05) is 10.6 Å². The lowest BCUT2D eigenvalue weighted by Crippen LogP contribution is -2.14. The van der Waals surface area contributed by atoms with Crippen molar-refractivity contribution in [2.75, 3.05) is 11.9 Å². The largest absolute Gasteiger partial charge is 0.320 e. The summed E-state index contributed by atoms with van der Waals surface area (Å²) in [5.41, 5.74) is 6.28. The Morgan fingerprint density at radius 3 is 2.76 bits per heavy atom. The second-order valence-electron chi connectivity index (χ2n) is 4.13. The number of carbonyl (C=O) groups excluding carboxylic acids is 1. The maximum absolute atomic E-state index is 13.7. The lowest BCUT2D eigenvalue weighted by atomic mass is 10.1. The van der Waals surface area contributed by atoms with E-state index in [0.29, 0.717) is 11.1 Å². The molecule has 3 nitrogen and oxygen atoms in total. The van der Waals surface area contributed by atoms with Crippen LogP contribution in [-0.2, 0) is 0 Å². The molecule has 0 spiro atoms. The minimum atomic E-state index is -0.596. The fourth-order valence-electron chi connectivity index (χ4n) is 1.72. The SMILES string of the molecule is NCC#Cc1ccccc1C(=O)Nc1ccc(Cl)cc1F. The van der Waals surface area contributed by atoms with Crippen LogP contribution in [0.15, 0.2) is 42.5 Å². The van der Waals surface area contributed by atoms with E-state index in [1.54, 1.807) is 24.3 Å². The summed E-state index contributed by atoms with van der Waals surface area (Å²) in [7, 11) is 0. The van der Waals surface area contributed by atoms with Crippen molar-refractivity contribution in [2.24, 2.45) is 5.73 Å². The zero-order valence-electron chi connectivity index (χ0n) is 11.0. The van der Waals surface area contributed by atoms with Gasteiger partial charge in [-0.05, 0) is 30.3 Å². The van der Waals surface area contributed by atoms with E-state index >= 15 is 0 Å². The van der Waals surface area contributed by atoms with E-state index in [9.17, 15) is 9.18 Å². The molecule has 0 saturated heterocycles. The van der Waals surface area contributed by atoms with Crippen molar-refractivity contribution in [3.05, 3.63) is 64.4 Å². The molecular weight excluding hydrogens is 291 g/mol. The molecule has 0 aliphatic heterocycles. The number of nitrogens with one attached hydrogen (secondary N) is 1. The number of halogens is 2. The van der Waals surface area contributed by atoms with Crippen LogP contribution in [0, 0.1) is 17.7 Å². The molecule has 2 rings (SSSR count). The lowest BCUT2D eigenvalue weighted by molar-refractivity contribution is 0.102. The first kappa shape index (κ1) is 15.0. The minimum absolute atomic E-state index is 0.0611. The monoisotopic (exact) mass is 302 g/mol. The maximum atomic E-state index is 13.7. The molecule has 106 valence electrons. The average Bonchev–Trinajstić information content (AvgIpc) is 2.48. The fraction of sp³-hybridized carbons (Fsp3) is 0.0625. The highest BCUT2D eigenvalue weighted by Crippen LogP contribution is 2.20. The molecule has 2 aromatic rings. The Kier molecular flexibility index (Phi) is 4.94. The molecule has 3 N–H and O–H groups in total. The van der Waals surface area contributed by atoms with Gasteiger partial charge in [-0.25, -0.2) is 4.39 Å². The summed E-state index contributed by atoms with van der Waals surface area (Å²) in [5.74, 6) is 4.46. The predicted octanol–water partition coefficient (Wildman–Crippen LogP) is 3.04. The van der Waals surface area contributed by atoms with Crippen molar-refractivity contribution in [2.45, 2.75) is 0 Å². The third-order valence-corrected chi connectivity index (χ3v) is 2.91. The molecule has 0 aromatic heterocycles. The minimum Gasteiger partial charge on any atom is -0.320 e. The summed E-state index contributed by atoms with van der Waals surface area (Å²) in [6, 6.07) is 10.8. The van der Waals surface area contributed by atoms with Gasteiger partial charge in [-0.1, -0.05) is 35.6 Å². The summed E-state index contributed by atoms with van der Waals surface area (Å²) in [5, 5.41) is 2.76. The highest BCUT2D eigenvalue weighted by molar-refractivity contribution is 6.30. The van der Waals surface area contributed by atoms with E-state index in [4.69, 9.17) is 17.3 Å². The van der Waals surface area contributed by atoms with Crippen LogP contribution in [0.25, 0.3) is 0 Å². The van der Waals surface area contributed by atoms with E-state index in [0.717, 1.165) is 6.07 Å².